The van der Waals surface area contributed by atoms with Gasteiger partial charge in [-0.2, -0.15) is 0 Å². The van der Waals surface area contributed by atoms with E-state index in [1.54, 1.807) is 48.5 Å². The van der Waals surface area contributed by atoms with Crippen molar-refractivity contribution in [2.75, 3.05) is 11.9 Å². The molecule has 2 aliphatic rings. The summed E-state index contributed by atoms with van der Waals surface area (Å²) in [4.78, 5) is 51.2. The Balaban J connectivity index is 1.37. The number of carbonyl (C=O) groups is 4. The highest BCUT2D eigenvalue weighted by Gasteiger charge is 2.35. The molecule has 0 bridgehead atoms. The highest BCUT2D eigenvalue weighted by Crippen LogP contribution is 2.23. The van der Waals surface area contributed by atoms with Gasteiger partial charge in [-0.25, -0.2) is 0 Å². The minimum Gasteiger partial charge on any atom is -0.349 e. The second-order valence-electron chi connectivity index (χ2n) is 7.96. The van der Waals surface area contributed by atoms with E-state index in [0.717, 1.165) is 30.6 Å². The first-order valence-corrected chi connectivity index (χ1v) is 10.7. The fourth-order valence-corrected chi connectivity index (χ4v) is 4.17. The highest BCUT2D eigenvalue weighted by atomic mass is 16.2. The summed E-state index contributed by atoms with van der Waals surface area (Å²) in [5.41, 5.74) is 1.54. The Morgan fingerprint density at radius 2 is 1.48 bits per heavy atom. The lowest BCUT2D eigenvalue weighted by atomic mass is 9.95. The molecule has 7 nitrogen and oxygen atoms in total. The van der Waals surface area contributed by atoms with Gasteiger partial charge in [0.25, 0.3) is 17.7 Å². The van der Waals surface area contributed by atoms with Gasteiger partial charge in [0.2, 0.25) is 5.91 Å². The van der Waals surface area contributed by atoms with Crippen LogP contribution in [0.15, 0.2) is 48.5 Å². The van der Waals surface area contributed by atoms with E-state index in [1.807, 2.05) is 0 Å². The first kappa shape index (κ1) is 20.8. The molecule has 0 aromatic heterocycles. The zero-order valence-corrected chi connectivity index (χ0v) is 17.2. The average molecular weight is 419 g/mol. The van der Waals surface area contributed by atoms with Crippen molar-refractivity contribution in [2.45, 2.75) is 44.6 Å². The zero-order valence-electron chi connectivity index (χ0n) is 17.2. The Hall–Kier alpha value is -3.48. The van der Waals surface area contributed by atoms with Gasteiger partial charge >= 0.3 is 0 Å². The van der Waals surface area contributed by atoms with Gasteiger partial charge in [0.1, 0.15) is 0 Å². The number of para-hydroxylation sites is 1. The molecule has 31 heavy (non-hydrogen) atoms. The lowest BCUT2D eigenvalue weighted by molar-refractivity contribution is -0.116. The Kier molecular flexibility index (Phi) is 6.11. The lowest BCUT2D eigenvalue weighted by Crippen LogP contribution is -2.36. The summed E-state index contributed by atoms with van der Waals surface area (Å²) in [6.07, 6.45) is 5.32. The summed E-state index contributed by atoms with van der Waals surface area (Å²) in [7, 11) is 0. The van der Waals surface area contributed by atoms with Crippen LogP contribution in [0.1, 0.15) is 69.6 Å². The fraction of sp³-hybridized carbons (Fsp3) is 0.333. The number of nitrogens with one attached hydrogen (secondary N) is 2. The molecule has 1 heterocycles. The molecule has 160 valence electrons. The third-order valence-electron chi connectivity index (χ3n) is 5.83. The number of anilines is 1. The molecule has 0 radical (unpaired) electrons. The van der Waals surface area contributed by atoms with E-state index in [1.165, 1.54) is 6.42 Å². The third-order valence-corrected chi connectivity index (χ3v) is 5.83. The van der Waals surface area contributed by atoms with Crippen LogP contribution in [-0.2, 0) is 4.79 Å². The normalized spacial score (nSPS) is 16.2. The van der Waals surface area contributed by atoms with Gasteiger partial charge in [0.05, 0.1) is 22.4 Å². The largest absolute Gasteiger partial charge is 0.349 e. The van der Waals surface area contributed by atoms with Crippen LogP contribution >= 0.6 is 0 Å². The minimum absolute atomic E-state index is 0.0192. The number of amides is 4. The molecule has 1 fully saturated rings. The second-order valence-corrected chi connectivity index (χ2v) is 7.96. The molecule has 2 N–H and O–H groups in total. The zero-order chi connectivity index (χ0) is 21.8. The van der Waals surface area contributed by atoms with Crippen LogP contribution in [0.5, 0.6) is 0 Å². The van der Waals surface area contributed by atoms with Crippen molar-refractivity contribution in [1.82, 2.24) is 10.2 Å². The second kappa shape index (κ2) is 9.12. The summed E-state index contributed by atoms with van der Waals surface area (Å²) in [6.45, 7) is -0.0192. The maximum Gasteiger partial charge on any atom is 0.261 e. The van der Waals surface area contributed by atoms with Crippen molar-refractivity contribution in [3.63, 3.8) is 0 Å². The molecular formula is C24H25N3O4. The van der Waals surface area contributed by atoms with Gasteiger partial charge in [0.15, 0.2) is 0 Å². The minimum atomic E-state index is -0.388. The lowest BCUT2D eigenvalue weighted by Gasteiger charge is -2.23. The Morgan fingerprint density at radius 1 is 0.871 bits per heavy atom. The predicted octanol–water partition coefficient (Wildman–Crippen LogP) is 3.37. The summed E-state index contributed by atoms with van der Waals surface area (Å²) in [6, 6.07) is 13.6. The van der Waals surface area contributed by atoms with Crippen molar-refractivity contribution in [3.05, 3.63) is 65.2 Å². The molecule has 0 unspecified atom stereocenters. The van der Waals surface area contributed by atoms with E-state index in [9.17, 15) is 19.2 Å². The van der Waals surface area contributed by atoms with Crippen LogP contribution in [0.4, 0.5) is 5.69 Å². The third kappa shape index (κ3) is 4.50. The van der Waals surface area contributed by atoms with Crippen molar-refractivity contribution < 1.29 is 19.2 Å². The molecule has 1 aliphatic carbocycles. The molecule has 2 aromatic carbocycles. The van der Waals surface area contributed by atoms with Crippen LogP contribution in [-0.4, -0.2) is 41.1 Å². The molecule has 0 spiro atoms. The molecule has 4 amide bonds. The molecule has 2 aromatic rings. The van der Waals surface area contributed by atoms with Gasteiger partial charge < -0.3 is 10.6 Å². The first-order valence-electron chi connectivity index (χ1n) is 10.7. The van der Waals surface area contributed by atoms with Gasteiger partial charge in [-0.3, -0.25) is 24.1 Å². The number of imide groups is 1. The average Bonchev–Trinajstić information content (AvgIpc) is 3.03. The number of hydrogen-bond acceptors (Lipinski definition) is 4. The summed E-state index contributed by atoms with van der Waals surface area (Å²) in [5.74, 6) is -1.35. The maximum absolute atomic E-state index is 12.7. The molecule has 7 heteroatoms. The Labute approximate surface area is 180 Å². The predicted molar refractivity (Wildman–Crippen MR) is 116 cm³/mol. The smallest absolute Gasteiger partial charge is 0.261 e. The summed E-state index contributed by atoms with van der Waals surface area (Å²) in [5, 5.41) is 5.81. The van der Waals surface area contributed by atoms with Gasteiger partial charge in [-0.1, -0.05) is 43.5 Å². The van der Waals surface area contributed by atoms with E-state index in [2.05, 4.69) is 10.6 Å². The van der Waals surface area contributed by atoms with E-state index in [4.69, 9.17) is 0 Å². The SMILES string of the molecule is O=C(CCN1C(=O)c2ccccc2C1=O)Nc1ccccc1C(=O)NC1CCCCC1. The molecule has 1 aliphatic heterocycles. The van der Waals surface area contributed by atoms with Crippen LogP contribution < -0.4 is 10.6 Å². The van der Waals surface area contributed by atoms with Crippen LogP contribution in [0.2, 0.25) is 0 Å². The number of carbonyl (C=O) groups excluding carboxylic acids is 4. The standard InChI is InChI=1S/C24H25N3O4/c28-21(14-15-27-23(30)17-10-4-5-11-18(17)24(27)31)26-20-13-7-6-12-19(20)22(29)25-16-8-2-1-3-9-16/h4-7,10-13,16H,1-3,8-9,14-15H2,(H,25,29)(H,26,28). The van der Waals surface area contributed by atoms with Crippen molar-refractivity contribution >= 4 is 29.3 Å². The number of hydrogen-bond donors (Lipinski definition) is 2. The van der Waals surface area contributed by atoms with Crippen LogP contribution in [0, 0.1) is 0 Å². The number of fused-ring (bicyclic) bond motifs is 1. The summed E-state index contributed by atoms with van der Waals surface area (Å²) < 4.78 is 0. The molecule has 1 saturated carbocycles. The van der Waals surface area contributed by atoms with Gasteiger partial charge in [-0.15, -0.1) is 0 Å². The number of rotatable bonds is 6. The molecular weight excluding hydrogens is 394 g/mol. The Bertz CT molecular complexity index is 992. The fourth-order valence-electron chi connectivity index (χ4n) is 4.17. The van der Waals surface area contributed by atoms with Crippen LogP contribution in [0.25, 0.3) is 0 Å². The summed E-state index contributed by atoms with van der Waals surface area (Å²) >= 11 is 0. The van der Waals surface area contributed by atoms with Crippen molar-refractivity contribution in [3.8, 4) is 0 Å². The van der Waals surface area contributed by atoms with Gasteiger partial charge in [0, 0.05) is 19.0 Å². The molecule has 4 rings (SSSR count). The van der Waals surface area contributed by atoms with E-state index < -0.39 is 0 Å². The van der Waals surface area contributed by atoms with Gasteiger partial charge in [-0.05, 0) is 37.1 Å². The highest BCUT2D eigenvalue weighted by molar-refractivity contribution is 6.21. The van der Waals surface area contributed by atoms with Crippen molar-refractivity contribution in [2.24, 2.45) is 0 Å². The Morgan fingerprint density at radius 3 is 2.16 bits per heavy atom. The molecule has 0 saturated heterocycles. The van der Waals surface area contributed by atoms with Crippen LogP contribution in [0.3, 0.4) is 0 Å². The number of nitrogens with zero attached hydrogens (tertiary/aromatic N) is 1. The van der Waals surface area contributed by atoms with E-state index >= 15 is 0 Å². The quantitative estimate of drug-likeness (QED) is 0.702. The first-order chi connectivity index (χ1) is 15.0. The maximum atomic E-state index is 12.7. The molecule has 0 atom stereocenters. The monoisotopic (exact) mass is 419 g/mol. The van der Waals surface area contributed by atoms with E-state index in [0.29, 0.717) is 22.4 Å². The van der Waals surface area contributed by atoms with E-state index in [-0.39, 0.29) is 42.6 Å². The number of benzene rings is 2. The topological polar surface area (TPSA) is 95.6 Å². The van der Waals surface area contributed by atoms with Crippen molar-refractivity contribution in [1.29, 1.82) is 0 Å².